The van der Waals surface area contributed by atoms with Crippen LogP contribution in [0.15, 0.2) is 34.8 Å². The van der Waals surface area contributed by atoms with Crippen LogP contribution in [0.1, 0.15) is 21.5 Å². The van der Waals surface area contributed by atoms with Crippen LogP contribution in [0.4, 0.5) is 14.5 Å². The molecule has 0 atom stereocenters. The maximum atomic E-state index is 13.7. The van der Waals surface area contributed by atoms with Crippen molar-refractivity contribution in [3.05, 3.63) is 63.1 Å². The Morgan fingerprint density at radius 3 is 2.62 bits per heavy atom. The molecule has 0 aromatic heterocycles. The number of anilines is 1. The Hall–Kier alpha value is -1.95. The van der Waals surface area contributed by atoms with Crippen molar-refractivity contribution in [2.45, 2.75) is 13.5 Å². The molecule has 2 rings (SSSR count). The molecule has 0 saturated carbocycles. The third kappa shape index (κ3) is 3.58. The zero-order valence-corrected chi connectivity index (χ0v) is 12.8. The van der Waals surface area contributed by atoms with Crippen molar-refractivity contribution in [3.63, 3.8) is 0 Å². The third-order valence-electron chi connectivity index (χ3n) is 3.07. The molecule has 3 N–H and O–H groups in total. The molecule has 0 bridgehead atoms. The van der Waals surface area contributed by atoms with E-state index in [0.29, 0.717) is 10.2 Å². The molecule has 0 fully saturated rings. The van der Waals surface area contributed by atoms with E-state index < -0.39 is 17.5 Å². The van der Waals surface area contributed by atoms with Crippen molar-refractivity contribution in [2.24, 2.45) is 5.73 Å². The highest BCUT2D eigenvalue weighted by molar-refractivity contribution is 9.10. The number of halogens is 3. The van der Waals surface area contributed by atoms with Crippen molar-refractivity contribution >= 4 is 27.5 Å². The van der Waals surface area contributed by atoms with Gasteiger partial charge < -0.3 is 11.1 Å². The molecular weight excluding hydrogens is 342 g/mol. The first-order valence-corrected chi connectivity index (χ1v) is 6.95. The van der Waals surface area contributed by atoms with Gasteiger partial charge in [0.2, 0.25) is 5.91 Å². The van der Waals surface area contributed by atoms with Crippen LogP contribution in [0.5, 0.6) is 0 Å². The Morgan fingerprint density at radius 2 is 1.95 bits per heavy atom. The number of hydrogen-bond donors (Lipinski definition) is 2. The predicted molar refractivity (Wildman–Crippen MR) is 81.1 cm³/mol. The van der Waals surface area contributed by atoms with Crippen molar-refractivity contribution in [3.8, 4) is 0 Å². The van der Waals surface area contributed by atoms with Gasteiger partial charge in [-0.25, -0.2) is 8.78 Å². The summed E-state index contributed by atoms with van der Waals surface area (Å²) in [6.07, 6.45) is 0. The summed E-state index contributed by atoms with van der Waals surface area (Å²) in [6, 6.07) is 6.86. The number of amides is 1. The topological polar surface area (TPSA) is 55.1 Å². The number of aryl methyl sites for hydroxylation is 1. The zero-order chi connectivity index (χ0) is 15.6. The second-order valence-corrected chi connectivity index (χ2v) is 5.46. The van der Waals surface area contributed by atoms with E-state index in [1.54, 1.807) is 6.07 Å². The molecule has 1 amide bonds. The van der Waals surface area contributed by atoms with E-state index in [0.717, 1.165) is 5.56 Å². The Kier molecular flexibility index (Phi) is 4.57. The first-order chi connectivity index (χ1) is 9.88. The summed E-state index contributed by atoms with van der Waals surface area (Å²) in [5.74, 6) is -1.49. The summed E-state index contributed by atoms with van der Waals surface area (Å²) in [5, 5.41) is 2.95. The summed E-state index contributed by atoms with van der Waals surface area (Å²) in [5.41, 5.74) is 7.05. The van der Waals surface area contributed by atoms with Gasteiger partial charge in [-0.15, -0.1) is 0 Å². The predicted octanol–water partition coefficient (Wildman–Crippen LogP) is 3.75. The van der Waals surface area contributed by atoms with E-state index in [2.05, 4.69) is 21.2 Å². The van der Waals surface area contributed by atoms with Crippen LogP contribution in [-0.4, -0.2) is 5.91 Å². The molecule has 3 nitrogen and oxygen atoms in total. The SMILES string of the molecule is Cc1cc(Br)c(F)cc1NCc1cc(C(N)=O)ccc1F. The molecule has 0 unspecified atom stereocenters. The third-order valence-corrected chi connectivity index (χ3v) is 3.67. The fraction of sp³-hybridized carbons (Fsp3) is 0.133. The van der Waals surface area contributed by atoms with E-state index >= 15 is 0 Å². The van der Waals surface area contributed by atoms with E-state index in [1.165, 1.54) is 24.3 Å². The Balaban J connectivity index is 2.22. The molecule has 0 aliphatic heterocycles. The lowest BCUT2D eigenvalue weighted by Crippen LogP contribution is -2.12. The minimum atomic E-state index is -0.623. The summed E-state index contributed by atoms with van der Waals surface area (Å²) < 4.78 is 27.6. The number of rotatable bonds is 4. The quantitative estimate of drug-likeness (QED) is 0.878. The van der Waals surface area contributed by atoms with Crippen LogP contribution in [0.3, 0.4) is 0 Å². The van der Waals surface area contributed by atoms with Gasteiger partial charge in [0.05, 0.1) is 4.47 Å². The maximum absolute atomic E-state index is 13.7. The summed E-state index contributed by atoms with van der Waals surface area (Å²) >= 11 is 3.10. The highest BCUT2D eigenvalue weighted by Gasteiger charge is 2.09. The van der Waals surface area contributed by atoms with Crippen LogP contribution in [0.2, 0.25) is 0 Å². The molecular formula is C15H13BrF2N2O. The van der Waals surface area contributed by atoms with Gasteiger partial charge in [-0.1, -0.05) is 0 Å². The van der Waals surface area contributed by atoms with Crippen LogP contribution in [0, 0.1) is 18.6 Å². The molecule has 2 aromatic rings. The average Bonchev–Trinajstić information content (AvgIpc) is 2.42. The van der Waals surface area contributed by atoms with Crippen molar-refractivity contribution in [1.29, 1.82) is 0 Å². The van der Waals surface area contributed by atoms with Crippen molar-refractivity contribution in [1.82, 2.24) is 0 Å². The Morgan fingerprint density at radius 1 is 1.24 bits per heavy atom. The first kappa shape index (κ1) is 15.4. The minimum absolute atomic E-state index is 0.120. The Bertz CT molecular complexity index is 704. The molecule has 0 aliphatic rings. The van der Waals surface area contributed by atoms with Crippen molar-refractivity contribution in [2.75, 3.05) is 5.32 Å². The molecule has 0 aliphatic carbocycles. The van der Waals surface area contributed by atoms with Gasteiger partial charge in [0, 0.05) is 23.4 Å². The number of primary amides is 1. The van der Waals surface area contributed by atoms with E-state index in [9.17, 15) is 13.6 Å². The fourth-order valence-electron chi connectivity index (χ4n) is 1.89. The van der Waals surface area contributed by atoms with Crippen LogP contribution in [0.25, 0.3) is 0 Å². The molecule has 21 heavy (non-hydrogen) atoms. The lowest BCUT2D eigenvalue weighted by atomic mass is 10.1. The smallest absolute Gasteiger partial charge is 0.248 e. The Labute approximate surface area is 129 Å². The number of hydrogen-bond acceptors (Lipinski definition) is 2. The summed E-state index contributed by atoms with van der Waals surface area (Å²) in [6.45, 7) is 1.93. The molecule has 6 heteroatoms. The van der Waals surface area contributed by atoms with E-state index in [1.807, 2.05) is 6.92 Å². The van der Waals surface area contributed by atoms with Gasteiger partial charge in [0.15, 0.2) is 0 Å². The number of nitrogens with two attached hydrogens (primary N) is 1. The normalized spacial score (nSPS) is 10.5. The van der Waals surface area contributed by atoms with Gasteiger partial charge >= 0.3 is 0 Å². The lowest BCUT2D eigenvalue weighted by molar-refractivity contribution is 0.1000. The zero-order valence-electron chi connectivity index (χ0n) is 11.2. The van der Waals surface area contributed by atoms with Gasteiger partial charge in [-0.2, -0.15) is 0 Å². The molecule has 0 saturated heterocycles. The monoisotopic (exact) mass is 354 g/mol. The standard InChI is InChI=1S/C15H13BrF2N2O/c1-8-4-11(16)13(18)6-14(8)20-7-10-5-9(15(19)21)2-3-12(10)17/h2-6,20H,7H2,1H3,(H2,19,21). The second kappa shape index (κ2) is 6.22. The van der Waals surface area contributed by atoms with E-state index in [4.69, 9.17) is 5.73 Å². The fourth-order valence-corrected chi connectivity index (χ4v) is 2.35. The highest BCUT2D eigenvalue weighted by Crippen LogP contribution is 2.24. The molecule has 2 aromatic carbocycles. The van der Waals surface area contributed by atoms with Gasteiger partial charge in [-0.05, 0) is 58.7 Å². The maximum Gasteiger partial charge on any atom is 0.248 e. The minimum Gasteiger partial charge on any atom is -0.381 e. The van der Waals surface area contributed by atoms with Crippen molar-refractivity contribution < 1.29 is 13.6 Å². The lowest BCUT2D eigenvalue weighted by Gasteiger charge is -2.12. The van der Waals surface area contributed by atoms with Crippen LogP contribution < -0.4 is 11.1 Å². The molecule has 0 heterocycles. The second-order valence-electron chi connectivity index (χ2n) is 4.61. The summed E-state index contributed by atoms with van der Waals surface area (Å²) in [7, 11) is 0. The van der Waals surface area contributed by atoms with Gasteiger partial charge in [0.1, 0.15) is 11.6 Å². The number of nitrogens with one attached hydrogen (secondary N) is 1. The number of carbonyl (C=O) groups excluding carboxylic acids is 1. The molecule has 110 valence electrons. The molecule has 0 spiro atoms. The highest BCUT2D eigenvalue weighted by atomic mass is 79.9. The van der Waals surface area contributed by atoms with Gasteiger partial charge in [0.25, 0.3) is 0 Å². The largest absolute Gasteiger partial charge is 0.381 e. The number of carbonyl (C=O) groups is 1. The first-order valence-electron chi connectivity index (χ1n) is 6.16. The molecule has 0 radical (unpaired) electrons. The van der Waals surface area contributed by atoms with Gasteiger partial charge in [-0.3, -0.25) is 4.79 Å². The van der Waals surface area contributed by atoms with Crippen LogP contribution in [-0.2, 0) is 6.54 Å². The van der Waals surface area contributed by atoms with Crippen LogP contribution >= 0.6 is 15.9 Å². The number of benzene rings is 2. The summed E-state index contributed by atoms with van der Waals surface area (Å²) in [4.78, 5) is 11.1. The van der Waals surface area contributed by atoms with E-state index in [-0.39, 0.29) is 17.7 Å². The average molecular weight is 355 g/mol.